The van der Waals surface area contributed by atoms with Gasteiger partial charge in [0.05, 0.1) is 6.10 Å². The molecule has 2 rings (SSSR count). The molecule has 1 aliphatic heterocycles. The standard InChI is InChI=1S/C10H16ClN5O/c1-16(6-7-4-2-3-5-17-7)10-14-8(11)13-9(12)15-10/h7H,2-6H2,1H3,(H2,12,13,14,15). The van der Waals surface area contributed by atoms with E-state index < -0.39 is 0 Å². The highest BCUT2D eigenvalue weighted by Gasteiger charge is 2.17. The van der Waals surface area contributed by atoms with Crippen LogP contribution in [0.5, 0.6) is 0 Å². The third-order valence-corrected chi connectivity index (χ3v) is 2.88. The van der Waals surface area contributed by atoms with Crippen LogP contribution < -0.4 is 10.6 Å². The van der Waals surface area contributed by atoms with E-state index in [1.54, 1.807) is 0 Å². The van der Waals surface area contributed by atoms with Gasteiger partial charge in [-0.3, -0.25) is 0 Å². The zero-order valence-electron chi connectivity index (χ0n) is 9.77. The first-order valence-corrected chi connectivity index (χ1v) is 6.03. The van der Waals surface area contributed by atoms with Crippen LogP contribution in [-0.2, 0) is 4.74 Å². The highest BCUT2D eigenvalue weighted by Crippen LogP contribution is 2.16. The zero-order valence-corrected chi connectivity index (χ0v) is 10.5. The fourth-order valence-electron chi connectivity index (χ4n) is 1.86. The summed E-state index contributed by atoms with van der Waals surface area (Å²) in [4.78, 5) is 13.7. The second kappa shape index (κ2) is 5.46. The van der Waals surface area contributed by atoms with E-state index >= 15 is 0 Å². The zero-order chi connectivity index (χ0) is 12.3. The van der Waals surface area contributed by atoms with Crippen LogP contribution in [0.3, 0.4) is 0 Å². The van der Waals surface area contributed by atoms with E-state index in [1.165, 1.54) is 6.42 Å². The second-order valence-electron chi connectivity index (χ2n) is 4.13. The van der Waals surface area contributed by atoms with Crippen LogP contribution in [0.2, 0.25) is 5.28 Å². The minimum atomic E-state index is 0.115. The van der Waals surface area contributed by atoms with Crippen LogP contribution in [-0.4, -0.2) is 41.3 Å². The summed E-state index contributed by atoms with van der Waals surface area (Å²) in [5.74, 6) is 0.619. The summed E-state index contributed by atoms with van der Waals surface area (Å²) in [5.41, 5.74) is 5.53. The first-order chi connectivity index (χ1) is 8.15. The van der Waals surface area contributed by atoms with Crippen molar-refractivity contribution in [2.24, 2.45) is 0 Å². The third kappa shape index (κ3) is 3.41. The molecule has 1 atom stereocenters. The number of likely N-dealkylation sites (N-methyl/N-ethyl adjacent to an activating group) is 1. The molecule has 94 valence electrons. The Morgan fingerprint density at radius 3 is 2.88 bits per heavy atom. The molecule has 7 heteroatoms. The molecule has 1 saturated heterocycles. The summed E-state index contributed by atoms with van der Waals surface area (Å²) in [6.07, 6.45) is 3.65. The van der Waals surface area contributed by atoms with Gasteiger partial charge in [-0.15, -0.1) is 0 Å². The van der Waals surface area contributed by atoms with Gasteiger partial charge in [0.2, 0.25) is 17.2 Å². The summed E-state index contributed by atoms with van der Waals surface area (Å²) in [5, 5.41) is 0.115. The van der Waals surface area contributed by atoms with Gasteiger partial charge in [0.1, 0.15) is 0 Å². The molecule has 1 aromatic rings. The average molecular weight is 258 g/mol. The van der Waals surface area contributed by atoms with Gasteiger partial charge in [-0.25, -0.2) is 0 Å². The number of hydrogen-bond acceptors (Lipinski definition) is 6. The van der Waals surface area contributed by atoms with Gasteiger partial charge in [-0.2, -0.15) is 15.0 Å². The van der Waals surface area contributed by atoms with E-state index in [0.29, 0.717) is 5.95 Å². The number of nitrogens with two attached hydrogens (primary N) is 1. The molecule has 1 aliphatic rings. The molecule has 0 aliphatic carbocycles. The molecule has 2 heterocycles. The first-order valence-electron chi connectivity index (χ1n) is 5.65. The van der Waals surface area contributed by atoms with Gasteiger partial charge in [-0.05, 0) is 30.9 Å². The van der Waals surface area contributed by atoms with Crippen molar-refractivity contribution in [3.8, 4) is 0 Å². The molecule has 0 aromatic carbocycles. The van der Waals surface area contributed by atoms with Gasteiger partial charge in [-0.1, -0.05) is 0 Å². The average Bonchev–Trinajstić information content (AvgIpc) is 2.29. The molecule has 0 amide bonds. The van der Waals surface area contributed by atoms with Gasteiger partial charge < -0.3 is 15.4 Å². The Morgan fingerprint density at radius 1 is 1.41 bits per heavy atom. The largest absolute Gasteiger partial charge is 0.376 e. The Bertz CT molecular complexity index is 363. The Labute approximate surface area is 105 Å². The molecule has 1 fully saturated rings. The molecule has 0 saturated carbocycles. The van der Waals surface area contributed by atoms with Gasteiger partial charge >= 0.3 is 0 Å². The molecule has 2 N–H and O–H groups in total. The van der Waals surface area contributed by atoms with Crippen LogP contribution in [0, 0.1) is 0 Å². The Morgan fingerprint density at radius 2 is 2.24 bits per heavy atom. The number of nitrogen functional groups attached to an aromatic ring is 1. The van der Waals surface area contributed by atoms with E-state index in [4.69, 9.17) is 22.1 Å². The maximum atomic E-state index is 5.74. The molecule has 0 bridgehead atoms. The monoisotopic (exact) mass is 257 g/mol. The van der Waals surface area contributed by atoms with E-state index in [-0.39, 0.29) is 17.3 Å². The van der Waals surface area contributed by atoms with E-state index in [1.807, 2.05) is 11.9 Å². The van der Waals surface area contributed by atoms with Crippen molar-refractivity contribution < 1.29 is 4.74 Å². The van der Waals surface area contributed by atoms with Crippen molar-refractivity contribution in [2.75, 3.05) is 30.8 Å². The summed E-state index contributed by atoms with van der Waals surface area (Å²) in [7, 11) is 1.89. The summed E-state index contributed by atoms with van der Waals surface area (Å²) < 4.78 is 5.65. The number of anilines is 2. The lowest BCUT2D eigenvalue weighted by atomic mass is 10.1. The molecule has 6 nitrogen and oxygen atoms in total. The van der Waals surface area contributed by atoms with E-state index in [2.05, 4.69) is 15.0 Å². The maximum Gasteiger partial charge on any atom is 0.231 e. The van der Waals surface area contributed by atoms with Crippen molar-refractivity contribution in [3.63, 3.8) is 0 Å². The summed E-state index contributed by atoms with van der Waals surface area (Å²) in [6.45, 7) is 1.57. The van der Waals surface area contributed by atoms with Crippen molar-refractivity contribution in [1.82, 2.24) is 15.0 Å². The fourth-order valence-corrected chi connectivity index (χ4v) is 2.03. The number of ether oxygens (including phenoxy) is 1. The molecular weight excluding hydrogens is 242 g/mol. The number of halogens is 1. The predicted octanol–water partition coefficient (Wildman–Crippen LogP) is 1.11. The van der Waals surface area contributed by atoms with Crippen molar-refractivity contribution in [1.29, 1.82) is 0 Å². The van der Waals surface area contributed by atoms with Crippen molar-refractivity contribution in [2.45, 2.75) is 25.4 Å². The Balaban J connectivity index is 2.00. The highest BCUT2D eigenvalue weighted by atomic mass is 35.5. The summed E-state index contributed by atoms with van der Waals surface area (Å²) >= 11 is 5.74. The van der Waals surface area contributed by atoms with Gasteiger partial charge in [0.15, 0.2) is 0 Å². The van der Waals surface area contributed by atoms with Crippen LogP contribution in [0.15, 0.2) is 0 Å². The lowest BCUT2D eigenvalue weighted by Gasteiger charge is -2.27. The maximum absolute atomic E-state index is 5.74. The molecule has 1 unspecified atom stereocenters. The first kappa shape index (κ1) is 12.3. The molecule has 0 radical (unpaired) electrons. The Kier molecular flexibility index (Phi) is 3.96. The van der Waals surface area contributed by atoms with Crippen molar-refractivity contribution in [3.05, 3.63) is 5.28 Å². The molecule has 17 heavy (non-hydrogen) atoms. The number of aromatic nitrogens is 3. The molecular formula is C10H16ClN5O. The molecule has 0 spiro atoms. The van der Waals surface area contributed by atoms with Crippen LogP contribution >= 0.6 is 11.6 Å². The number of nitrogens with zero attached hydrogens (tertiary/aromatic N) is 4. The number of hydrogen-bond donors (Lipinski definition) is 1. The quantitative estimate of drug-likeness (QED) is 0.874. The minimum absolute atomic E-state index is 0.115. The van der Waals surface area contributed by atoms with E-state index in [0.717, 1.165) is 26.0 Å². The highest BCUT2D eigenvalue weighted by molar-refractivity contribution is 6.28. The lowest BCUT2D eigenvalue weighted by molar-refractivity contribution is 0.0214. The minimum Gasteiger partial charge on any atom is -0.376 e. The lowest BCUT2D eigenvalue weighted by Crippen LogP contribution is -2.34. The van der Waals surface area contributed by atoms with Gasteiger partial charge in [0, 0.05) is 20.2 Å². The SMILES string of the molecule is CN(CC1CCCCO1)c1nc(N)nc(Cl)n1. The van der Waals surface area contributed by atoms with Crippen LogP contribution in [0.1, 0.15) is 19.3 Å². The van der Waals surface area contributed by atoms with E-state index in [9.17, 15) is 0 Å². The van der Waals surface area contributed by atoms with Gasteiger partial charge in [0.25, 0.3) is 0 Å². The predicted molar refractivity (Wildman–Crippen MR) is 66.1 cm³/mol. The van der Waals surface area contributed by atoms with Crippen LogP contribution in [0.4, 0.5) is 11.9 Å². The van der Waals surface area contributed by atoms with Crippen molar-refractivity contribution >= 4 is 23.5 Å². The normalized spacial score (nSPS) is 20.2. The third-order valence-electron chi connectivity index (χ3n) is 2.71. The smallest absolute Gasteiger partial charge is 0.231 e. The Hall–Kier alpha value is -1.14. The second-order valence-corrected chi connectivity index (χ2v) is 4.47. The summed E-state index contributed by atoms with van der Waals surface area (Å²) in [6, 6.07) is 0. The number of rotatable bonds is 3. The molecule has 1 aromatic heterocycles. The topological polar surface area (TPSA) is 77.2 Å². The van der Waals surface area contributed by atoms with Crippen LogP contribution in [0.25, 0.3) is 0 Å². The fraction of sp³-hybridized carbons (Fsp3) is 0.700.